The number of alkyl halides is 2. The smallest absolute Gasteiger partial charge is 0.288 e. The van der Waals surface area contributed by atoms with Gasteiger partial charge < -0.3 is 15.4 Å². The molecule has 1 fully saturated rings. The summed E-state index contributed by atoms with van der Waals surface area (Å²) in [7, 11) is -3.47. The number of amides is 1. The van der Waals surface area contributed by atoms with Gasteiger partial charge in [-0.3, -0.25) is 4.79 Å². The van der Waals surface area contributed by atoms with Crippen molar-refractivity contribution < 1.29 is 26.7 Å². The molecule has 1 aliphatic heterocycles. The van der Waals surface area contributed by atoms with Gasteiger partial charge in [0.05, 0.1) is 30.2 Å². The van der Waals surface area contributed by atoms with Gasteiger partial charge in [-0.15, -0.1) is 0 Å². The highest BCUT2D eigenvalue weighted by molar-refractivity contribution is 7.99. The van der Waals surface area contributed by atoms with Crippen molar-refractivity contribution in [1.82, 2.24) is 9.62 Å². The molecule has 0 saturated carbocycles. The number of hydrogen-bond acceptors (Lipinski definition) is 6. The summed E-state index contributed by atoms with van der Waals surface area (Å²) in [6.07, 6.45) is 0. The van der Waals surface area contributed by atoms with Crippen molar-refractivity contribution in [2.24, 2.45) is 0 Å². The molecule has 0 unspecified atom stereocenters. The van der Waals surface area contributed by atoms with E-state index in [-0.39, 0.29) is 12.3 Å². The zero-order valence-corrected chi connectivity index (χ0v) is 18.2. The molecule has 3 rings (SSSR count). The van der Waals surface area contributed by atoms with Crippen LogP contribution in [0.3, 0.4) is 0 Å². The lowest BCUT2D eigenvalue weighted by atomic mass is 10.1. The van der Waals surface area contributed by atoms with Gasteiger partial charge in [-0.1, -0.05) is 23.9 Å². The Hall–Kier alpha value is -2.21. The molecule has 2 aromatic carbocycles. The van der Waals surface area contributed by atoms with Crippen LogP contribution < -0.4 is 10.6 Å². The van der Waals surface area contributed by atoms with Gasteiger partial charge in [0.2, 0.25) is 10.0 Å². The lowest BCUT2D eigenvalue weighted by Crippen LogP contribution is -2.43. The lowest BCUT2D eigenvalue weighted by molar-refractivity contribution is 0.0730. The van der Waals surface area contributed by atoms with E-state index in [0.717, 1.165) is 0 Å². The molecule has 0 radical (unpaired) electrons. The maximum atomic E-state index is 12.6. The Morgan fingerprint density at radius 1 is 1.10 bits per heavy atom. The summed E-state index contributed by atoms with van der Waals surface area (Å²) in [4.78, 5) is 13.1. The number of carbonyl (C=O) groups excluding carboxylic acids is 1. The van der Waals surface area contributed by atoms with E-state index in [9.17, 15) is 22.0 Å². The molecule has 168 valence electrons. The summed E-state index contributed by atoms with van der Waals surface area (Å²) in [5.41, 5.74) is 1.50. The molecule has 31 heavy (non-hydrogen) atoms. The van der Waals surface area contributed by atoms with Gasteiger partial charge in [0.25, 0.3) is 11.7 Å². The van der Waals surface area contributed by atoms with Crippen molar-refractivity contribution in [3.63, 3.8) is 0 Å². The number of nitrogens with one attached hydrogen (secondary N) is 2. The predicted molar refractivity (Wildman–Crippen MR) is 117 cm³/mol. The number of rotatable bonds is 9. The molecule has 1 amide bonds. The molecule has 2 aromatic rings. The van der Waals surface area contributed by atoms with Crippen LogP contribution in [-0.4, -0.2) is 63.0 Å². The van der Waals surface area contributed by atoms with E-state index in [0.29, 0.717) is 59.9 Å². The Morgan fingerprint density at radius 3 is 2.45 bits per heavy atom. The number of anilines is 2. The first-order chi connectivity index (χ1) is 14.8. The van der Waals surface area contributed by atoms with Crippen LogP contribution in [0.1, 0.15) is 10.4 Å². The van der Waals surface area contributed by atoms with Crippen molar-refractivity contribution in [3.8, 4) is 0 Å². The first kappa shape index (κ1) is 23.5. The van der Waals surface area contributed by atoms with Crippen molar-refractivity contribution in [2.45, 2.75) is 10.7 Å². The van der Waals surface area contributed by atoms with Gasteiger partial charge in [-0.25, -0.2) is 8.42 Å². The number of sulfonamides is 1. The second-order valence-electron chi connectivity index (χ2n) is 6.66. The summed E-state index contributed by atoms with van der Waals surface area (Å²) in [5, 5.41) is 5.74. The lowest BCUT2D eigenvalue weighted by Gasteiger charge is -2.26. The normalized spacial score (nSPS) is 15.1. The highest BCUT2D eigenvalue weighted by Crippen LogP contribution is 2.27. The van der Waals surface area contributed by atoms with E-state index in [1.165, 1.54) is 4.31 Å². The standard InChI is InChI=1S/C20H23F2N3O4S2/c21-20(22)30-16-7-5-15(6-8-16)24-18-4-2-1-3-17(18)19(26)23-9-14-31(27,28)25-10-12-29-13-11-25/h1-8,20,24H,9-14H2,(H,23,26). The molecule has 0 bridgehead atoms. The van der Waals surface area contributed by atoms with E-state index in [1.807, 2.05) is 0 Å². The molecule has 0 aliphatic carbocycles. The fourth-order valence-corrected chi connectivity index (χ4v) is 4.83. The van der Waals surface area contributed by atoms with Crippen LogP contribution in [0, 0.1) is 0 Å². The Morgan fingerprint density at radius 2 is 1.77 bits per heavy atom. The average Bonchev–Trinajstić information content (AvgIpc) is 2.75. The highest BCUT2D eigenvalue weighted by Gasteiger charge is 2.24. The molecule has 0 spiro atoms. The van der Waals surface area contributed by atoms with Gasteiger partial charge in [-0.05, 0) is 36.4 Å². The summed E-state index contributed by atoms with van der Waals surface area (Å²) >= 11 is 0.458. The van der Waals surface area contributed by atoms with Crippen LogP contribution >= 0.6 is 11.8 Å². The van der Waals surface area contributed by atoms with Crippen molar-refractivity contribution in [3.05, 3.63) is 54.1 Å². The fraction of sp³-hybridized carbons (Fsp3) is 0.350. The SMILES string of the molecule is O=C(NCCS(=O)(=O)N1CCOCC1)c1ccccc1Nc1ccc(SC(F)F)cc1. The highest BCUT2D eigenvalue weighted by atomic mass is 32.2. The fourth-order valence-electron chi connectivity index (χ4n) is 3.01. The number of thioether (sulfide) groups is 1. The summed E-state index contributed by atoms with van der Waals surface area (Å²) in [6.45, 7) is 1.35. The first-order valence-corrected chi connectivity index (χ1v) is 12.1. The van der Waals surface area contributed by atoms with Gasteiger partial charge in [0.15, 0.2) is 0 Å². The molecule has 11 heteroatoms. The van der Waals surface area contributed by atoms with Crippen LogP contribution in [-0.2, 0) is 14.8 Å². The average molecular weight is 472 g/mol. The first-order valence-electron chi connectivity index (χ1n) is 9.60. The number of halogens is 2. The minimum absolute atomic E-state index is 0.0214. The maximum Gasteiger partial charge on any atom is 0.288 e. The largest absolute Gasteiger partial charge is 0.379 e. The molecule has 2 N–H and O–H groups in total. The van der Waals surface area contributed by atoms with E-state index in [4.69, 9.17) is 4.74 Å². The zero-order valence-electron chi connectivity index (χ0n) is 16.6. The van der Waals surface area contributed by atoms with Gasteiger partial charge in [0.1, 0.15) is 0 Å². The molecule has 1 aliphatic rings. The predicted octanol–water partition coefficient (Wildman–Crippen LogP) is 3.14. The molecule has 1 saturated heterocycles. The molecule has 0 atom stereocenters. The Kier molecular flexibility index (Phi) is 8.24. The third-order valence-corrected chi connectivity index (χ3v) is 7.13. The van der Waals surface area contributed by atoms with Crippen molar-refractivity contribution >= 4 is 39.1 Å². The Labute approximate surface area is 184 Å². The number of carbonyl (C=O) groups is 1. The Bertz CT molecular complexity index is 982. The Balaban J connectivity index is 1.59. The van der Waals surface area contributed by atoms with Gasteiger partial charge in [0, 0.05) is 30.2 Å². The van der Waals surface area contributed by atoms with Crippen LogP contribution in [0.2, 0.25) is 0 Å². The molecular weight excluding hydrogens is 448 g/mol. The van der Waals surface area contributed by atoms with E-state index >= 15 is 0 Å². The number of hydrogen-bond donors (Lipinski definition) is 2. The van der Waals surface area contributed by atoms with Crippen LogP contribution in [0.4, 0.5) is 20.2 Å². The van der Waals surface area contributed by atoms with Crippen LogP contribution in [0.5, 0.6) is 0 Å². The number of ether oxygens (including phenoxy) is 1. The van der Waals surface area contributed by atoms with E-state index < -0.39 is 21.7 Å². The zero-order chi connectivity index (χ0) is 22.3. The molecule has 1 heterocycles. The third-order valence-electron chi connectivity index (χ3n) is 4.54. The summed E-state index contributed by atoms with van der Waals surface area (Å²) < 4.78 is 56.2. The second-order valence-corrected chi connectivity index (χ2v) is 9.81. The quantitative estimate of drug-likeness (QED) is 0.547. The molecule has 7 nitrogen and oxygen atoms in total. The topological polar surface area (TPSA) is 87.7 Å². The minimum Gasteiger partial charge on any atom is -0.379 e. The third kappa shape index (κ3) is 6.89. The summed E-state index contributed by atoms with van der Waals surface area (Å²) in [5.74, 6) is -3.10. The van der Waals surface area contributed by atoms with Crippen LogP contribution in [0.15, 0.2) is 53.4 Å². The van der Waals surface area contributed by atoms with Crippen molar-refractivity contribution in [1.29, 1.82) is 0 Å². The van der Waals surface area contributed by atoms with Gasteiger partial charge >= 0.3 is 0 Å². The minimum atomic E-state index is -3.47. The molecule has 0 aromatic heterocycles. The maximum absolute atomic E-state index is 12.6. The number of morpholine rings is 1. The molecular formula is C20H23F2N3O4S2. The number of benzene rings is 2. The number of para-hydroxylation sites is 1. The van der Waals surface area contributed by atoms with E-state index in [2.05, 4.69) is 10.6 Å². The van der Waals surface area contributed by atoms with E-state index in [1.54, 1.807) is 48.5 Å². The van der Waals surface area contributed by atoms with Crippen LogP contribution in [0.25, 0.3) is 0 Å². The van der Waals surface area contributed by atoms with Gasteiger partial charge in [-0.2, -0.15) is 13.1 Å². The number of nitrogens with zero attached hydrogens (tertiary/aromatic N) is 1. The second kappa shape index (κ2) is 10.9. The summed E-state index contributed by atoms with van der Waals surface area (Å²) in [6, 6.07) is 13.2. The monoisotopic (exact) mass is 471 g/mol. The van der Waals surface area contributed by atoms with Crippen molar-refractivity contribution in [2.75, 3.05) is 43.9 Å².